The van der Waals surface area contributed by atoms with E-state index in [1.165, 1.54) is 0 Å². The number of sulfonamides is 1. The predicted octanol–water partition coefficient (Wildman–Crippen LogP) is 1.36. The van der Waals surface area contributed by atoms with E-state index in [0.717, 1.165) is 18.4 Å². The molecule has 0 bridgehead atoms. The van der Waals surface area contributed by atoms with Gasteiger partial charge in [-0.25, -0.2) is 13.1 Å². The lowest BCUT2D eigenvalue weighted by molar-refractivity contribution is -0.120. The molecule has 1 amide bonds. The summed E-state index contributed by atoms with van der Waals surface area (Å²) in [5.74, 6) is -0.0398. The van der Waals surface area contributed by atoms with Gasteiger partial charge in [-0.15, -0.1) is 6.58 Å². The van der Waals surface area contributed by atoms with Crippen molar-refractivity contribution >= 4 is 15.9 Å². The molecular weight excluding hydrogens is 288 g/mol. The van der Waals surface area contributed by atoms with E-state index < -0.39 is 10.0 Å². The van der Waals surface area contributed by atoms with Gasteiger partial charge in [-0.05, 0) is 37.0 Å². The Morgan fingerprint density at radius 2 is 1.95 bits per heavy atom. The van der Waals surface area contributed by atoms with Gasteiger partial charge in [0.25, 0.3) is 0 Å². The predicted molar refractivity (Wildman–Crippen MR) is 81.3 cm³/mol. The fourth-order valence-corrected chi connectivity index (χ4v) is 3.16. The lowest BCUT2D eigenvalue weighted by Gasteiger charge is -2.07. The molecule has 1 aliphatic carbocycles. The molecule has 0 saturated heterocycles. The molecule has 5 nitrogen and oxygen atoms in total. The maximum absolute atomic E-state index is 12.0. The minimum absolute atomic E-state index is 0.0398. The van der Waals surface area contributed by atoms with Crippen molar-refractivity contribution in [2.24, 2.45) is 0 Å². The summed E-state index contributed by atoms with van der Waals surface area (Å²) in [4.78, 5) is 11.7. The van der Waals surface area contributed by atoms with Crippen molar-refractivity contribution in [1.29, 1.82) is 0 Å². The topological polar surface area (TPSA) is 75.3 Å². The van der Waals surface area contributed by atoms with E-state index in [9.17, 15) is 13.2 Å². The molecule has 0 heterocycles. The Labute approximate surface area is 125 Å². The smallest absolute Gasteiger partial charge is 0.240 e. The molecule has 114 valence electrons. The van der Waals surface area contributed by atoms with E-state index in [1.807, 2.05) is 0 Å². The van der Waals surface area contributed by atoms with Crippen LogP contribution in [0.2, 0.25) is 0 Å². The Morgan fingerprint density at radius 3 is 2.52 bits per heavy atom. The molecule has 1 fully saturated rings. The van der Waals surface area contributed by atoms with Crippen molar-refractivity contribution in [2.75, 3.05) is 6.54 Å². The first kappa shape index (κ1) is 15.7. The van der Waals surface area contributed by atoms with Crippen molar-refractivity contribution in [3.8, 4) is 0 Å². The third-order valence-corrected chi connectivity index (χ3v) is 4.75. The Kier molecular flexibility index (Phi) is 5.14. The van der Waals surface area contributed by atoms with Gasteiger partial charge in [0.1, 0.15) is 0 Å². The van der Waals surface area contributed by atoms with Gasteiger partial charge in [0, 0.05) is 19.0 Å². The Bertz CT molecular complexity index is 604. The van der Waals surface area contributed by atoms with Crippen molar-refractivity contribution in [1.82, 2.24) is 10.0 Å². The van der Waals surface area contributed by atoms with Crippen molar-refractivity contribution in [2.45, 2.75) is 36.6 Å². The summed E-state index contributed by atoms with van der Waals surface area (Å²) < 4.78 is 26.6. The highest BCUT2D eigenvalue weighted by Crippen LogP contribution is 2.22. The van der Waals surface area contributed by atoms with Gasteiger partial charge in [0.2, 0.25) is 15.9 Å². The van der Waals surface area contributed by atoms with Crippen LogP contribution in [0.15, 0.2) is 41.8 Å². The van der Waals surface area contributed by atoms with Crippen molar-refractivity contribution in [3.63, 3.8) is 0 Å². The monoisotopic (exact) mass is 308 g/mol. The lowest BCUT2D eigenvalue weighted by Crippen LogP contribution is -2.25. The number of amides is 1. The average Bonchev–Trinajstić information content (AvgIpc) is 3.26. The normalized spacial score (nSPS) is 14.7. The first-order chi connectivity index (χ1) is 10.0. The minimum atomic E-state index is -3.40. The van der Waals surface area contributed by atoms with Gasteiger partial charge in [0.05, 0.1) is 4.90 Å². The summed E-state index contributed by atoms with van der Waals surface area (Å²) in [7, 11) is -3.40. The molecule has 0 aromatic heterocycles. The Balaban J connectivity index is 1.89. The number of hydrogen-bond donors (Lipinski definition) is 2. The van der Waals surface area contributed by atoms with E-state index >= 15 is 0 Å². The summed E-state index contributed by atoms with van der Waals surface area (Å²) in [6.07, 6.45) is 4.41. The molecule has 0 atom stereocenters. The summed E-state index contributed by atoms with van der Waals surface area (Å²) in [6, 6.07) is 6.77. The maximum Gasteiger partial charge on any atom is 0.240 e. The molecular formula is C15H20N2O3S. The maximum atomic E-state index is 12.0. The summed E-state index contributed by atoms with van der Waals surface area (Å²) in [5.41, 5.74) is 0.939. The molecule has 0 radical (unpaired) electrons. The van der Waals surface area contributed by atoms with Crippen LogP contribution in [0.5, 0.6) is 0 Å². The fraction of sp³-hybridized carbons (Fsp3) is 0.400. The number of hydrogen-bond acceptors (Lipinski definition) is 3. The van der Waals surface area contributed by atoms with Crippen LogP contribution in [-0.2, 0) is 21.2 Å². The van der Waals surface area contributed by atoms with Crippen LogP contribution in [0, 0.1) is 0 Å². The average molecular weight is 308 g/mol. The van der Waals surface area contributed by atoms with E-state index in [1.54, 1.807) is 30.3 Å². The van der Waals surface area contributed by atoms with Crippen LogP contribution in [0.25, 0.3) is 0 Å². The van der Waals surface area contributed by atoms with Crippen molar-refractivity contribution < 1.29 is 13.2 Å². The Hall–Kier alpha value is -1.66. The van der Waals surface area contributed by atoms with E-state index in [-0.39, 0.29) is 16.8 Å². The first-order valence-corrected chi connectivity index (χ1v) is 8.48. The standard InChI is InChI=1S/C15H20N2O3S/c1-2-11-16-15(18)10-5-12-3-8-14(9-4-12)21(19,20)17-13-6-7-13/h2-4,8-9,13,17H,1,5-7,10-11H2,(H,16,18). The van der Waals surface area contributed by atoms with Gasteiger partial charge in [-0.3, -0.25) is 4.79 Å². The molecule has 0 spiro atoms. The SMILES string of the molecule is C=CCNC(=O)CCc1ccc(S(=O)(=O)NC2CC2)cc1. The van der Waals surface area contributed by atoms with E-state index in [2.05, 4.69) is 16.6 Å². The van der Waals surface area contributed by atoms with Gasteiger partial charge < -0.3 is 5.32 Å². The van der Waals surface area contributed by atoms with Crippen LogP contribution in [0.1, 0.15) is 24.8 Å². The molecule has 0 aliphatic heterocycles. The highest BCUT2D eigenvalue weighted by molar-refractivity contribution is 7.89. The van der Waals surface area contributed by atoms with Gasteiger partial charge in [-0.2, -0.15) is 0 Å². The largest absolute Gasteiger partial charge is 0.353 e. The van der Waals surface area contributed by atoms with Crippen LogP contribution >= 0.6 is 0 Å². The molecule has 2 rings (SSSR count). The van der Waals surface area contributed by atoms with Gasteiger partial charge in [-0.1, -0.05) is 18.2 Å². The zero-order chi connectivity index (χ0) is 15.3. The summed E-state index contributed by atoms with van der Waals surface area (Å²) in [6.45, 7) is 3.99. The number of carbonyl (C=O) groups excluding carboxylic acids is 1. The molecule has 1 aliphatic rings. The number of nitrogens with one attached hydrogen (secondary N) is 2. The van der Waals surface area contributed by atoms with Crippen LogP contribution in [-0.4, -0.2) is 26.9 Å². The Morgan fingerprint density at radius 1 is 1.29 bits per heavy atom. The van der Waals surface area contributed by atoms with E-state index in [0.29, 0.717) is 19.4 Å². The second-order valence-electron chi connectivity index (χ2n) is 5.13. The number of aryl methyl sites for hydroxylation is 1. The number of rotatable bonds is 8. The first-order valence-electron chi connectivity index (χ1n) is 7.00. The zero-order valence-corrected chi connectivity index (χ0v) is 12.7. The van der Waals surface area contributed by atoms with Gasteiger partial charge >= 0.3 is 0 Å². The zero-order valence-electron chi connectivity index (χ0n) is 11.8. The molecule has 1 aromatic rings. The third-order valence-electron chi connectivity index (χ3n) is 3.22. The molecule has 6 heteroatoms. The van der Waals surface area contributed by atoms with Gasteiger partial charge in [0.15, 0.2) is 0 Å². The molecule has 1 saturated carbocycles. The number of carbonyl (C=O) groups is 1. The summed E-state index contributed by atoms with van der Waals surface area (Å²) in [5, 5.41) is 2.70. The second kappa shape index (κ2) is 6.87. The van der Waals surface area contributed by atoms with Crippen LogP contribution in [0.4, 0.5) is 0 Å². The molecule has 21 heavy (non-hydrogen) atoms. The second-order valence-corrected chi connectivity index (χ2v) is 6.85. The highest BCUT2D eigenvalue weighted by atomic mass is 32.2. The lowest BCUT2D eigenvalue weighted by atomic mass is 10.1. The van der Waals surface area contributed by atoms with Crippen LogP contribution in [0.3, 0.4) is 0 Å². The van der Waals surface area contributed by atoms with Crippen molar-refractivity contribution in [3.05, 3.63) is 42.5 Å². The highest BCUT2D eigenvalue weighted by Gasteiger charge is 2.27. The molecule has 2 N–H and O–H groups in total. The molecule has 1 aromatic carbocycles. The van der Waals surface area contributed by atoms with Crippen LogP contribution < -0.4 is 10.0 Å². The van der Waals surface area contributed by atoms with E-state index in [4.69, 9.17) is 0 Å². The minimum Gasteiger partial charge on any atom is -0.353 e. The summed E-state index contributed by atoms with van der Waals surface area (Å²) >= 11 is 0. The molecule has 0 unspecified atom stereocenters. The fourth-order valence-electron chi connectivity index (χ4n) is 1.86. The number of benzene rings is 1. The quantitative estimate of drug-likeness (QED) is 0.712. The third kappa shape index (κ3) is 4.99.